The summed E-state index contributed by atoms with van der Waals surface area (Å²) >= 11 is 0. The Labute approximate surface area is 274 Å². The topological polar surface area (TPSA) is 76.7 Å². The van der Waals surface area contributed by atoms with E-state index >= 15 is 0 Å². The van der Waals surface area contributed by atoms with E-state index in [4.69, 9.17) is 9.31 Å². The predicted octanol–water partition coefficient (Wildman–Crippen LogP) is 6.14. The second-order valence-corrected chi connectivity index (χ2v) is 15.0. The van der Waals surface area contributed by atoms with E-state index in [1.54, 1.807) is 0 Å². The van der Waals surface area contributed by atoms with Crippen molar-refractivity contribution in [3.63, 3.8) is 0 Å². The minimum Gasteiger partial charge on any atom is -0.404 e. The third-order valence-corrected chi connectivity index (χ3v) is 11.8. The summed E-state index contributed by atoms with van der Waals surface area (Å²) in [5, 5.41) is 6.53. The molecule has 240 valence electrons. The van der Waals surface area contributed by atoms with E-state index in [-0.39, 0.29) is 34.9 Å². The van der Waals surface area contributed by atoms with Crippen LogP contribution in [0.4, 0.5) is 0 Å². The first-order valence-electron chi connectivity index (χ1n) is 17.2. The van der Waals surface area contributed by atoms with E-state index in [1.807, 2.05) is 42.5 Å². The lowest BCUT2D eigenvalue weighted by molar-refractivity contribution is -0.199. The maximum atomic E-state index is 14.4. The molecule has 2 N–H and O–H groups in total. The molecule has 8 rings (SSSR count). The average molecular weight is 619 g/mol. The van der Waals surface area contributed by atoms with Crippen LogP contribution in [0, 0.1) is 24.2 Å². The van der Waals surface area contributed by atoms with Gasteiger partial charge in [0.2, 0.25) is 11.8 Å². The number of carbonyl (C=O) groups excluding carboxylic acids is 2. The Morgan fingerprint density at radius 2 is 1.61 bits per heavy atom. The molecular formula is C39H47BN2O4. The van der Waals surface area contributed by atoms with E-state index in [0.29, 0.717) is 24.7 Å². The molecule has 3 aromatic rings. The van der Waals surface area contributed by atoms with Crippen molar-refractivity contribution < 1.29 is 18.9 Å². The molecule has 1 saturated heterocycles. The van der Waals surface area contributed by atoms with Gasteiger partial charge < -0.3 is 19.9 Å². The predicted molar refractivity (Wildman–Crippen MR) is 181 cm³/mol. The molecule has 5 aliphatic rings. The Morgan fingerprint density at radius 3 is 2.37 bits per heavy atom. The van der Waals surface area contributed by atoms with Crippen molar-refractivity contribution in [2.75, 3.05) is 0 Å². The highest BCUT2D eigenvalue weighted by Gasteiger charge is 2.68. The first-order chi connectivity index (χ1) is 22.1. The molecule has 4 fully saturated rings. The van der Waals surface area contributed by atoms with E-state index in [1.165, 1.54) is 17.5 Å². The standard InChI is InChI=1S/C39H47BN2O4/c1-25-17-19-27(20-18-25)22-35(40-45-34-24-29-23-33(38(29,2)3)39(34,4)46-40)42-37(44)32(21-26-11-6-5-7-12-26)41-36(43)31-16-10-14-28-13-8-9-15-30(28)31/h5-9,11-13,15,17-20,29,31-35H,10,14,16,21-24H2,1-4H3,(H,41,43)(H,42,44)/t29?,31-,32-,33?,34+,35-,39+/m0/s1. The lowest BCUT2D eigenvalue weighted by Gasteiger charge is -2.64. The van der Waals surface area contributed by atoms with Gasteiger partial charge in [0.05, 0.1) is 23.6 Å². The molecule has 3 aromatic carbocycles. The van der Waals surface area contributed by atoms with Crippen molar-refractivity contribution in [1.82, 2.24) is 10.6 Å². The lowest BCUT2D eigenvalue weighted by Crippen LogP contribution is -2.65. The maximum Gasteiger partial charge on any atom is 0.482 e. The van der Waals surface area contributed by atoms with Gasteiger partial charge in [0.25, 0.3) is 0 Å². The van der Waals surface area contributed by atoms with Crippen LogP contribution in [0.15, 0.2) is 78.9 Å². The van der Waals surface area contributed by atoms with Crippen molar-refractivity contribution in [1.29, 1.82) is 0 Å². The Kier molecular flexibility index (Phi) is 8.35. The van der Waals surface area contributed by atoms with Crippen LogP contribution in [-0.4, -0.2) is 42.6 Å². The van der Waals surface area contributed by atoms with E-state index in [0.717, 1.165) is 42.4 Å². The molecular weight excluding hydrogens is 571 g/mol. The van der Waals surface area contributed by atoms with Crippen molar-refractivity contribution in [2.24, 2.45) is 17.3 Å². The molecule has 2 unspecified atom stereocenters. The quantitative estimate of drug-likeness (QED) is 0.283. The average Bonchev–Trinajstić information content (AvgIpc) is 3.42. The first-order valence-corrected chi connectivity index (χ1v) is 17.2. The Hall–Kier alpha value is -3.42. The van der Waals surface area contributed by atoms with Gasteiger partial charge in [-0.25, -0.2) is 0 Å². The van der Waals surface area contributed by atoms with Crippen LogP contribution in [0.25, 0.3) is 0 Å². The monoisotopic (exact) mass is 618 g/mol. The molecule has 2 bridgehead atoms. The number of rotatable bonds is 9. The number of hydrogen-bond donors (Lipinski definition) is 2. The summed E-state index contributed by atoms with van der Waals surface area (Å²) in [7, 11) is -0.575. The maximum absolute atomic E-state index is 14.4. The normalized spacial score (nSPS) is 28.7. The van der Waals surface area contributed by atoms with Crippen LogP contribution in [0.5, 0.6) is 0 Å². The number of hydrogen-bond acceptors (Lipinski definition) is 4. The van der Waals surface area contributed by atoms with Gasteiger partial charge in [0, 0.05) is 6.42 Å². The smallest absolute Gasteiger partial charge is 0.404 e. The molecule has 0 radical (unpaired) electrons. The van der Waals surface area contributed by atoms with E-state index in [2.05, 4.69) is 74.7 Å². The molecule has 7 heteroatoms. The minimum atomic E-state index is -0.740. The van der Waals surface area contributed by atoms with Crippen molar-refractivity contribution in [3.05, 3.63) is 107 Å². The molecule has 0 spiro atoms. The van der Waals surface area contributed by atoms with Gasteiger partial charge in [-0.2, -0.15) is 0 Å². The fraction of sp³-hybridized carbons (Fsp3) is 0.487. The van der Waals surface area contributed by atoms with Gasteiger partial charge in [-0.15, -0.1) is 0 Å². The van der Waals surface area contributed by atoms with Gasteiger partial charge >= 0.3 is 7.12 Å². The van der Waals surface area contributed by atoms with Crippen molar-refractivity contribution in [2.45, 2.75) is 102 Å². The first kappa shape index (κ1) is 31.2. The second-order valence-electron chi connectivity index (χ2n) is 15.0. The number of carbonyl (C=O) groups is 2. The summed E-state index contributed by atoms with van der Waals surface area (Å²) in [5.41, 5.74) is 5.43. The van der Waals surface area contributed by atoms with Gasteiger partial charge in [-0.3, -0.25) is 9.59 Å². The SMILES string of the molecule is Cc1ccc(C[C@H](NC(=O)[C@H](Cc2ccccc2)NC(=O)[C@H]2CCCc3ccccc32)B2O[C@@H]3CC4CC(C4(C)C)[C@@]3(C)O2)cc1. The highest BCUT2D eigenvalue weighted by Crippen LogP contribution is 2.65. The molecule has 4 aliphatic carbocycles. The summed E-state index contributed by atoms with van der Waals surface area (Å²) < 4.78 is 13.6. The zero-order chi connectivity index (χ0) is 32.1. The number of benzene rings is 3. The minimum absolute atomic E-state index is 0.0119. The molecule has 3 saturated carbocycles. The molecule has 1 heterocycles. The molecule has 2 amide bonds. The van der Waals surface area contributed by atoms with Crippen molar-refractivity contribution in [3.8, 4) is 0 Å². The van der Waals surface area contributed by atoms with Crippen LogP contribution in [0.2, 0.25) is 0 Å². The number of nitrogens with one attached hydrogen (secondary N) is 2. The van der Waals surface area contributed by atoms with Crippen LogP contribution in [-0.2, 0) is 38.2 Å². The molecule has 7 atom stereocenters. The number of fused-ring (bicyclic) bond motifs is 1. The summed E-state index contributed by atoms with van der Waals surface area (Å²) in [5.74, 6) is 0.0798. The van der Waals surface area contributed by atoms with Crippen LogP contribution in [0.3, 0.4) is 0 Å². The van der Waals surface area contributed by atoms with Crippen LogP contribution >= 0.6 is 0 Å². The third kappa shape index (κ3) is 5.81. The highest BCUT2D eigenvalue weighted by atomic mass is 16.7. The zero-order valence-electron chi connectivity index (χ0n) is 27.6. The zero-order valence-corrected chi connectivity index (χ0v) is 27.6. The largest absolute Gasteiger partial charge is 0.482 e. The summed E-state index contributed by atoms with van der Waals surface area (Å²) in [4.78, 5) is 28.3. The van der Waals surface area contributed by atoms with Gasteiger partial charge in [-0.1, -0.05) is 98.3 Å². The summed E-state index contributed by atoms with van der Waals surface area (Å²) in [6, 6.07) is 25.8. The number of amides is 2. The van der Waals surface area contributed by atoms with E-state index in [9.17, 15) is 9.59 Å². The molecule has 1 aliphatic heterocycles. The van der Waals surface area contributed by atoms with Gasteiger partial charge in [0.1, 0.15) is 6.04 Å². The fourth-order valence-corrected chi connectivity index (χ4v) is 8.91. The van der Waals surface area contributed by atoms with Crippen molar-refractivity contribution >= 4 is 18.9 Å². The number of aryl methyl sites for hydroxylation is 2. The highest BCUT2D eigenvalue weighted by molar-refractivity contribution is 6.48. The fourth-order valence-electron chi connectivity index (χ4n) is 8.91. The molecule has 46 heavy (non-hydrogen) atoms. The Bertz CT molecular complexity index is 1580. The summed E-state index contributed by atoms with van der Waals surface area (Å²) in [6.45, 7) is 9.01. The van der Waals surface area contributed by atoms with Crippen LogP contribution in [0.1, 0.15) is 80.2 Å². The third-order valence-electron chi connectivity index (χ3n) is 11.8. The molecule has 0 aromatic heterocycles. The lowest BCUT2D eigenvalue weighted by atomic mass is 9.43. The second kappa shape index (κ2) is 12.3. The van der Waals surface area contributed by atoms with Crippen LogP contribution < -0.4 is 10.6 Å². The summed E-state index contributed by atoms with van der Waals surface area (Å²) in [6.07, 6.45) is 5.84. The van der Waals surface area contributed by atoms with E-state index < -0.39 is 19.1 Å². The van der Waals surface area contributed by atoms with Gasteiger partial charge in [-0.05, 0) is 91.9 Å². The Morgan fingerprint density at radius 1 is 0.891 bits per heavy atom. The Balaban J connectivity index is 1.14. The molecule has 6 nitrogen and oxygen atoms in total. The van der Waals surface area contributed by atoms with Gasteiger partial charge in [0.15, 0.2) is 0 Å².